The van der Waals surface area contributed by atoms with Crippen LogP contribution in [0.3, 0.4) is 0 Å². The third kappa shape index (κ3) is 30.5. The zero-order chi connectivity index (χ0) is 66.4. The van der Waals surface area contributed by atoms with Gasteiger partial charge >= 0.3 is 6.11 Å². The summed E-state index contributed by atoms with van der Waals surface area (Å²) in [6.45, 7) is 37.9. The third-order valence-electron chi connectivity index (χ3n) is 24.7. The minimum atomic E-state index is -2.96. The Hall–Kier alpha value is -3.22. The van der Waals surface area contributed by atoms with Gasteiger partial charge in [-0.05, 0) is 352 Å². The molecule has 10 rings (SSSR count). The maximum absolute atomic E-state index is 14.2. The highest BCUT2D eigenvalue weighted by Gasteiger charge is 2.44. The Labute approximate surface area is 579 Å². The van der Waals surface area contributed by atoms with Crippen LogP contribution in [0.2, 0.25) is 0 Å². The van der Waals surface area contributed by atoms with E-state index in [2.05, 4.69) is 114 Å². The second-order valence-electron chi connectivity index (χ2n) is 30.7. The van der Waals surface area contributed by atoms with Crippen LogP contribution in [0.4, 0.5) is 17.6 Å². The van der Waals surface area contributed by atoms with Gasteiger partial charge in [-0.2, -0.15) is 8.78 Å². The van der Waals surface area contributed by atoms with E-state index in [1.165, 1.54) is 167 Å². The molecule has 0 amide bonds. The van der Waals surface area contributed by atoms with E-state index in [4.69, 9.17) is 9.47 Å². The number of allylic oxidation sites excluding steroid dienone is 12. The molecule has 10 saturated carbocycles. The normalized spacial score (nSPS) is 36.7. The monoisotopic (exact) mass is 1300 g/mol. The van der Waals surface area contributed by atoms with Gasteiger partial charge in [0.15, 0.2) is 6.86 Å². The van der Waals surface area contributed by atoms with Crippen LogP contribution in [0.15, 0.2) is 139 Å². The van der Waals surface area contributed by atoms with Gasteiger partial charge in [0, 0.05) is 14.3 Å². The fourth-order valence-corrected chi connectivity index (χ4v) is 17.4. The van der Waals surface area contributed by atoms with Crippen molar-refractivity contribution in [2.24, 2.45) is 101 Å². The van der Waals surface area contributed by atoms with Gasteiger partial charge < -0.3 is 9.47 Å². The molecule has 6 heteroatoms. The Kier molecular flexibility index (Phi) is 39.8. The van der Waals surface area contributed by atoms with E-state index in [-0.39, 0.29) is 26.5 Å². The van der Waals surface area contributed by atoms with Crippen molar-refractivity contribution in [1.82, 2.24) is 0 Å². The molecule has 0 aromatic carbocycles. The molecule has 0 aliphatic heterocycles. The molecule has 0 N–H and O–H groups in total. The summed E-state index contributed by atoms with van der Waals surface area (Å²) in [6, 6.07) is 0. The maximum Gasteiger partial charge on any atom is 0.358 e. The first kappa shape index (κ1) is 79.5. The minimum absolute atomic E-state index is 0. The van der Waals surface area contributed by atoms with Gasteiger partial charge in [0.05, 0.1) is 18.1 Å². The highest BCUT2D eigenvalue weighted by atomic mass is 19.3. The molecule has 0 heterocycles. The summed E-state index contributed by atoms with van der Waals surface area (Å²) in [5.74, 6) is 12.2. The summed E-state index contributed by atoms with van der Waals surface area (Å²) < 4.78 is 62.7. The highest BCUT2D eigenvalue weighted by Crippen LogP contribution is 2.45. The van der Waals surface area contributed by atoms with E-state index in [1.54, 1.807) is 0 Å². The van der Waals surface area contributed by atoms with Gasteiger partial charge in [-0.15, -0.1) is 65.8 Å². The molecule has 10 aliphatic carbocycles. The lowest BCUT2D eigenvalue weighted by molar-refractivity contribution is -0.301. The smallest absolute Gasteiger partial charge is 0.347 e. The SMILES string of the molecule is C=CC1CCC(C2CCC(C=C)CC2)CC1.C=CC1CCC(C=CC2CCC(C=C)CC2)CC1.C=CC1CCC(CCC2CCC(C=C)CC2)CC1.C=CC1CCC(F)CC1.C=CC1CCC(OC(F)(F)C2CCC(C=C)CC2)CC1.C=CC1CCC(OCF)CC1.[HH].[HH].[HH].[HH].[HH].[HH].[HH].[HH].[HH].[HH]. The summed E-state index contributed by atoms with van der Waals surface area (Å²) in [7, 11) is 0. The summed E-state index contributed by atoms with van der Waals surface area (Å²) in [5.41, 5.74) is 0. The second-order valence-corrected chi connectivity index (χ2v) is 30.7. The maximum atomic E-state index is 14.2. The number of rotatable bonds is 21. The van der Waals surface area contributed by atoms with Crippen molar-refractivity contribution in [3.8, 4) is 0 Å². The minimum Gasteiger partial charge on any atom is -0.347 e. The van der Waals surface area contributed by atoms with E-state index < -0.39 is 25.1 Å². The molecule has 2 nitrogen and oxygen atoms in total. The predicted molar refractivity (Wildman–Crippen MR) is 411 cm³/mol. The van der Waals surface area contributed by atoms with E-state index in [0.29, 0.717) is 36.5 Å². The Morgan fingerprint density at radius 2 is 0.522 bits per heavy atom. The van der Waals surface area contributed by atoms with Gasteiger partial charge in [0.25, 0.3) is 0 Å². The number of hydrogen-bond donors (Lipinski definition) is 0. The first-order chi connectivity index (χ1) is 44.7. The van der Waals surface area contributed by atoms with E-state index in [9.17, 15) is 17.6 Å². The van der Waals surface area contributed by atoms with Gasteiger partial charge in [-0.25, -0.2) is 8.78 Å². The molecule has 10 aliphatic rings. The van der Waals surface area contributed by atoms with Crippen molar-refractivity contribution in [3.05, 3.63) is 139 Å². The molecule has 0 atom stereocenters. The molecule has 0 aromatic heterocycles. The summed E-state index contributed by atoms with van der Waals surface area (Å²) >= 11 is 0. The predicted octanol–water partition coefficient (Wildman–Crippen LogP) is 29.4. The van der Waals surface area contributed by atoms with Crippen molar-refractivity contribution in [2.45, 2.75) is 294 Å². The number of alkyl halides is 4. The molecule has 92 heavy (non-hydrogen) atoms. The molecule has 0 saturated heterocycles. The van der Waals surface area contributed by atoms with Crippen LogP contribution in [0.5, 0.6) is 0 Å². The van der Waals surface area contributed by atoms with E-state index in [0.717, 1.165) is 161 Å². The van der Waals surface area contributed by atoms with Crippen LogP contribution in [-0.4, -0.2) is 31.3 Å². The standard InChI is InChI=1S/C18H30.C18H28.C17H26F2O.C16H26.C9H15FO.C8H13F.10H2/c2*1-3-15-5-9-17(10-6-15)13-14-18-11-7-16(4-2)8-12-18;1-3-13-5-9-15(10-6-13)17(18,19)20-16-11-7-14(4-2)8-12-16;1-3-13-5-9-15(10-6-13)16-11-7-14(4-2)8-12-16;1-2-8-3-5-9(6-4-8)11-7-10;1-2-7-3-5-8(9)6-4-7;;;;;;;;;;/h3-4,15-18H,1-2,5-14H2;3-4,13-18H,1-2,5-12H2;3-4,13-16H,1-2,5-12H2;3-4,13-16H,1-2,5-12H2;2,8-9H,1,3-7H2;2,7-8H,1,3-6H2;10*1H. The quantitative estimate of drug-likeness (QED) is 0.0842. The second kappa shape index (κ2) is 46.1. The Balaban J connectivity index is -0.000000270. The van der Waals surface area contributed by atoms with Crippen molar-refractivity contribution < 1.29 is 41.3 Å². The fraction of sp³-hybridized carbons (Fsp3) is 0.744. The topological polar surface area (TPSA) is 18.5 Å². The molecule has 0 unspecified atom stereocenters. The molecule has 0 spiro atoms. The summed E-state index contributed by atoms with van der Waals surface area (Å²) in [4.78, 5) is 0. The van der Waals surface area contributed by atoms with E-state index in [1.807, 2.05) is 24.3 Å². The zero-order valence-corrected chi connectivity index (χ0v) is 58.8. The largest absolute Gasteiger partial charge is 0.358 e. The van der Waals surface area contributed by atoms with Crippen LogP contribution in [0.1, 0.15) is 284 Å². The van der Waals surface area contributed by atoms with Crippen LogP contribution in [0, 0.1) is 101 Å². The van der Waals surface area contributed by atoms with Crippen molar-refractivity contribution in [2.75, 3.05) is 6.86 Å². The average molecular weight is 1300 g/mol. The Morgan fingerprint density at radius 3 is 0.804 bits per heavy atom. The van der Waals surface area contributed by atoms with Crippen molar-refractivity contribution >= 4 is 0 Å². The average Bonchev–Trinajstić information content (AvgIpc) is 0.822. The number of halogens is 4. The first-order valence-electron chi connectivity index (χ1n) is 38.5. The lowest BCUT2D eigenvalue weighted by Crippen LogP contribution is -2.38. The molecular formula is C86H158F4O2. The van der Waals surface area contributed by atoms with Crippen LogP contribution in [-0.2, 0) is 9.47 Å². The molecular weight excluding hydrogens is 1140 g/mol. The van der Waals surface area contributed by atoms with Gasteiger partial charge in [0.2, 0.25) is 0 Å². The zero-order valence-electron chi connectivity index (χ0n) is 58.8. The highest BCUT2D eigenvalue weighted by molar-refractivity contribution is 5.00. The fourth-order valence-electron chi connectivity index (χ4n) is 17.4. The number of ether oxygens (including phenoxy) is 2. The molecule has 542 valence electrons. The van der Waals surface area contributed by atoms with Gasteiger partial charge in [-0.3, -0.25) is 0 Å². The van der Waals surface area contributed by atoms with Crippen molar-refractivity contribution in [1.29, 1.82) is 0 Å². The lowest BCUT2D eigenvalue weighted by Gasteiger charge is -2.36. The van der Waals surface area contributed by atoms with Crippen LogP contribution >= 0.6 is 0 Å². The Bertz CT molecular complexity index is 1990. The van der Waals surface area contributed by atoms with Crippen LogP contribution in [0.25, 0.3) is 0 Å². The van der Waals surface area contributed by atoms with E-state index >= 15 is 0 Å². The summed E-state index contributed by atoms with van der Waals surface area (Å²) in [6.07, 6.45) is 72.7. The van der Waals surface area contributed by atoms with Crippen molar-refractivity contribution in [3.63, 3.8) is 0 Å². The first-order valence-corrected chi connectivity index (χ1v) is 38.5. The van der Waals surface area contributed by atoms with Gasteiger partial charge in [-0.1, -0.05) is 85.8 Å². The van der Waals surface area contributed by atoms with Crippen LogP contribution < -0.4 is 0 Å². The van der Waals surface area contributed by atoms with Gasteiger partial charge in [0.1, 0.15) is 6.17 Å². The molecule has 0 radical (unpaired) electrons. The number of hydrogen-bond acceptors (Lipinski definition) is 2. The molecule has 0 aromatic rings. The Morgan fingerprint density at radius 1 is 0.293 bits per heavy atom. The third-order valence-corrected chi connectivity index (χ3v) is 24.7. The molecule has 0 bridgehead atoms. The lowest BCUT2D eigenvalue weighted by atomic mass is 9.69. The summed E-state index contributed by atoms with van der Waals surface area (Å²) in [5, 5.41) is 0. The molecule has 10 fully saturated rings.